The Morgan fingerprint density at radius 1 is 1.32 bits per heavy atom. The van der Waals surface area contributed by atoms with E-state index in [9.17, 15) is 14.4 Å². The number of rotatable bonds is 4. The Labute approximate surface area is 155 Å². The number of amides is 3. The number of nitrogens with zero attached hydrogens (tertiary/aromatic N) is 2. The topological polar surface area (TPSA) is 66.9 Å². The summed E-state index contributed by atoms with van der Waals surface area (Å²) in [6.45, 7) is 2.33. The van der Waals surface area contributed by atoms with Crippen LogP contribution in [0.25, 0.3) is 0 Å². The van der Waals surface area contributed by atoms with E-state index in [1.165, 1.54) is 11.8 Å². The number of halogens is 2. The number of anilines is 1. The third kappa shape index (κ3) is 3.52. The molecule has 3 amide bonds. The van der Waals surface area contributed by atoms with Crippen molar-refractivity contribution in [3.63, 3.8) is 0 Å². The summed E-state index contributed by atoms with van der Waals surface area (Å²) >= 11 is 12.3. The lowest BCUT2D eigenvalue weighted by atomic mass is 10.1. The first-order valence-electron chi connectivity index (χ1n) is 8.09. The van der Waals surface area contributed by atoms with Gasteiger partial charge in [0.2, 0.25) is 11.8 Å². The van der Waals surface area contributed by atoms with Crippen molar-refractivity contribution >= 4 is 46.6 Å². The number of imide groups is 1. The maximum absolute atomic E-state index is 12.9. The lowest BCUT2D eigenvalue weighted by Gasteiger charge is -2.28. The van der Waals surface area contributed by atoms with E-state index in [1.54, 1.807) is 18.2 Å². The molecule has 134 valence electrons. The second-order valence-electron chi connectivity index (χ2n) is 6.16. The second-order valence-corrected chi connectivity index (χ2v) is 6.98. The van der Waals surface area contributed by atoms with E-state index in [1.807, 2.05) is 0 Å². The number of ether oxygens (including phenoxy) is 1. The van der Waals surface area contributed by atoms with E-state index in [2.05, 4.69) is 0 Å². The van der Waals surface area contributed by atoms with Crippen molar-refractivity contribution in [2.45, 2.75) is 38.3 Å². The van der Waals surface area contributed by atoms with Crippen LogP contribution in [0.4, 0.5) is 5.69 Å². The molecule has 2 aliphatic rings. The van der Waals surface area contributed by atoms with Gasteiger partial charge >= 0.3 is 0 Å². The van der Waals surface area contributed by atoms with Crippen molar-refractivity contribution < 1.29 is 19.1 Å². The standard InChI is InChI=1S/C17H18Cl2N2O4/c1-10(22)20(9-11-4-3-7-25-11)14-8-15(23)21(17(14)24)16-12(18)5-2-6-13(16)19/h2,5-6,11,14H,3-4,7-9H2,1H3/t11-,14-/m0/s1. The summed E-state index contributed by atoms with van der Waals surface area (Å²) in [7, 11) is 0. The zero-order valence-corrected chi connectivity index (χ0v) is 15.2. The third-order valence-electron chi connectivity index (χ3n) is 4.49. The van der Waals surface area contributed by atoms with E-state index in [0.29, 0.717) is 13.2 Å². The zero-order valence-electron chi connectivity index (χ0n) is 13.7. The van der Waals surface area contributed by atoms with Crippen molar-refractivity contribution in [3.8, 4) is 0 Å². The average molecular weight is 385 g/mol. The molecule has 2 saturated heterocycles. The lowest BCUT2D eigenvalue weighted by Crippen LogP contribution is -2.47. The summed E-state index contributed by atoms with van der Waals surface area (Å²) in [5, 5.41) is 0.423. The van der Waals surface area contributed by atoms with Crippen LogP contribution in [0.1, 0.15) is 26.2 Å². The Balaban J connectivity index is 1.87. The molecular weight excluding hydrogens is 367 g/mol. The maximum Gasteiger partial charge on any atom is 0.257 e. The highest BCUT2D eigenvalue weighted by Gasteiger charge is 2.45. The van der Waals surface area contributed by atoms with Gasteiger partial charge in [-0.3, -0.25) is 14.4 Å². The summed E-state index contributed by atoms with van der Waals surface area (Å²) < 4.78 is 5.56. The molecule has 0 saturated carbocycles. The highest BCUT2D eigenvalue weighted by atomic mass is 35.5. The first-order valence-corrected chi connectivity index (χ1v) is 8.85. The largest absolute Gasteiger partial charge is 0.376 e. The molecule has 25 heavy (non-hydrogen) atoms. The fourth-order valence-corrected chi connectivity index (χ4v) is 3.85. The van der Waals surface area contributed by atoms with Gasteiger partial charge in [-0.05, 0) is 25.0 Å². The first-order chi connectivity index (χ1) is 11.9. The van der Waals surface area contributed by atoms with Crippen molar-refractivity contribution in [2.24, 2.45) is 0 Å². The van der Waals surface area contributed by atoms with Crippen LogP contribution in [-0.4, -0.2) is 47.9 Å². The quantitative estimate of drug-likeness (QED) is 0.748. The Bertz CT molecular complexity index is 698. The summed E-state index contributed by atoms with van der Waals surface area (Å²) in [6, 6.07) is 3.90. The number of hydrogen-bond donors (Lipinski definition) is 0. The van der Waals surface area contributed by atoms with Gasteiger partial charge in [0.25, 0.3) is 5.91 Å². The van der Waals surface area contributed by atoms with Gasteiger partial charge in [0.05, 0.1) is 28.3 Å². The monoisotopic (exact) mass is 384 g/mol. The molecule has 0 aromatic heterocycles. The van der Waals surface area contributed by atoms with Crippen LogP contribution in [0.5, 0.6) is 0 Å². The molecule has 1 aromatic carbocycles. The van der Waals surface area contributed by atoms with E-state index >= 15 is 0 Å². The van der Waals surface area contributed by atoms with Crippen LogP contribution < -0.4 is 4.90 Å². The van der Waals surface area contributed by atoms with Gasteiger partial charge in [0.15, 0.2) is 0 Å². The van der Waals surface area contributed by atoms with Gasteiger partial charge in [0.1, 0.15) is 6.04 Å². The van der Waals surface area contributed by atoms with Crippen molar-refractivity contribution in [3.05, 3.63) is 28.2 Å². The number of benzene rings is 1. The third-order valence-corrected chi connectivity index (χ3v) is 5.10. The Kier molecular flexibility index (Phi) is 5.32. The van der Waals surface area contributed by atoms with Crippen molar-refractivity contribution in [1.82, 2.24) is 4.90 Å². The van der Waals surface area contributed by atoms with E-state index in [4.69, 9.17) is 27.9 Å². The molecule has 0 spiro atoms. The molecule has 0 unspecified atom stereocenters. The smallest absolute Gasteiger partial charge is 0.257 e. The maximum atomic E-state index is 12.9. The lowest BCUT2D eigenvalue weighted by molar-refractivity contribution is -0.138. The average Bonchev–Trinajstić information content (AvgIpc) is 3.15. The highest BCUT2D eigenvalue weighted by molar-refractivity contribution is 6.42. The Morgan fingerprint density at radius 2 is 2.00 bits per heavy atom. The van der Waals surface area contributed by atoms with Crippen LogP contribution in [0.3, 0.4) is 0 Å². The van der Waals surface area contributed by atoms with Crippen LogP contribution in [-0.2, 0) is 19.1 Å². The molecule has 6 nitrogen and oxygen atoms in total. The van der Waals surface area contributed by atoms with Gasteiger partial charge in [-0.25, -0.2) is 4.90 Å². The SMILES string of the molecule is CC(=O)N(C[C@@H]1CCCO1)[C@H]1CC(=O)N(c2c(Cl)cccc2Cl)C1=O. The molecule has 1 aromatic rings. The molecule has 0 aliphatic carbocycles. The number of carbonyl (C=O) groups is 3. The number of para-hydroxylation sites is 1. The summed E-state index contributed by atoms with van der Waals surface area (Å²) in [4.78, 5) is 39.9. The molecule has 8 heteroatoms. The van der Waals surface area contributed by atoms with Crippen molar-refractivity contribution in [1.29, 1.82) is 0 Å². The minimum atomic E-state index is -0.860. The highest BCUT2D eigenvalue weighted by Crippen LogP contribution is 2.37. The second kappa shape index (κ2) is 7.32. The van der Waals surface area contributed by atoms with E-state index in [0.717, 1.165) is 17.7 Å². The Morgan fingerprint density at radius 3 is 2.56 bits per heavy atom. The normalized spacial score (nSPS) is 23.4. The first kappa shape index (κ1) is 18.2. The number of hydrogen-bond acceptors (Lipinski definition) is 4. The van der Waals surface area contributed by atoms with Crippen LogP contribution in [0, 0.1) is 0 Å². The molecule has 2 aliphatic heterocycles. The summed E-state index contributed by atoms with van der Waals surface area (Å²) in [5.41, 5.74) is 0.170. The molecule has 2 fully saturated rings. The predicted octanol–water partition coefficient (Wildman–Crippen LogP) is 2.65. The van der Waals surface area contributed by atoms with Gasteiger partial charge in [-0.2, -0.15) is 0 Å². The minimum absolute atomic E-state index is 0.0906. The molecular formula is C17H18Cl2N2O4. The molecule has 2 atom stereocenters. The van der Waals surface area contributed by atoms with Crippen LogP contribution >= 0.6 is 23.2 Å². The molecule has 0 N–H and O–H groups in total. The molecule has 0 bridgehead atoms. The van der Waals surface area contributed by atoms with Gasteiger partial charge in [-0.15, -0.1) is 0 Å². The van der Waals surface area contributed by atoms with E-state index in [-0.39, 0.29) is 34.2 Å². The van der Waals surface area contributed by atoms with Crippen molar-refractivity contribution in [2.75, 3.05) is 18.1 Å². The summed E-state index contributed by atoms with van der Waals surface area (Å²) in [5.74, 6) is -1.19. The Hall–Kier alpha value is -1.63. The van der Waals surface area contributed by atoms with Crippen LogP contribution in [0.15, 0.2) is 18.2 Å². The molecule has 0 radical (unpaired) electrons. The zero-order chi connectivity index (χ0) is 18.1. The fraction of sp³-hybridized carbons (Fsp3) is 0.471. The molecule has 2 heterocycles. The number of carbonyl (C=O) groups excluding carboxylic acids is 3. The molecule has 3 rings (SSSR count). The summed E-state index contributed by atoms with van der Waals surface area (Å²) in [6.07, 6.45) is 1.56. The van der Waals surface area contributed by atoms with Gasteiger partial charge in [0, 0.05) is 20.1 Å². The van der Waals surface area contributed by atoms with E-state index < -0.39 is 17.9 Å². The van der Waals surface area contributed by atoms with Gasteiger partial charge in [-0.1, -0.05) is 29.3 Å². The predicted molar refractivity (Wildman–Crippen MR) is 93.7 cm³/mol. The fourth-order valence-electron chi connectivity index (χ4n) is 3.28. The minimum Gasteiger partial charge on any atom is -0.376 e. The van der Waals surface area contributed by atoms with Crippen LogP contribution in [0.2, 0.25) is 10.0 Å². The van der Waals surface area contributed by atoms with Gasteiger partial charge < -0.3 is 9.64 Å².